The minimum absolute atomic E-state index is 0.298. The molecule has 2 aromatic carbocycles. The van der Waals surface area contributed by atoms with Crippen LogP contribution in [-0.2, 0) is 0 Å². The molecular formula is C21H23O2. The molecule has 23 heavy (non-hydrogen) atoms. The molecule has 2 aromatic rings. The Balaban J connectivity index is 1.64. The van der Waals surface area contributed by atoms with E-state index in [9.17, 15) is 4.79 Å². The normalized spacial score (nSPS) is 16.3. The van der Waals surface area contributed by atoms with Crippen molar-refractivity contribution in [3.05, 3.63) is 71.1 Å². The SMILES string of the molecule is C[C]1CCC(c2ccc(C(=O)Oc3ccc(C)cc3)cc2)CC1. The summed E-state index contributed by atoms with van der Waals surface area (Å²) in [6, 6.07) is 15.5. The van der Waals surface area contributed by atoms with Crippen LogP contribution >= 0.6 is 0 Å². The number of carbonyl (C=O) groups excluding carboxylic acids is 1. The number of ether oxygens (including phenoxy) is 1. The molecular weight excluding hydrogens is 284 g/mol. The van der Waals surface area contributed by atoms with E-state index in [0.717, 1.165) is 5.56 Å². The highest BCUT2D eigenvalue weighted by molar-refractivity contribution is 5.91. The number of carbonyl (C=O) groups is 1. The van der Waals surface area contributed by atoms with Crippen LogP contribution in [0.3, 0.4) is 0 Å². The lowest BCUT2D eigenvalue weighted by molar-refractivity contribution is 0.0734. The van der Waals surface area contributed by atoms with Crippen LogP contribution in [0.1, 0.15) is 60.0 Å². The van der Waals surface area contributed by atoms with Crippen LogP contribution in [0.2, 0.25) is 0 Å². The van der Waals surface area contributed by atoms with Crippen molar-refractivity contribution < 1.29 is 9.53 Å². The third kappa shape index (κ3) is 4.01. The predicted octanol–water partition coefficient (Wildman–Crippen LogP) is 5.47. The summed E-state index contributed by atoms with van der Waals surface area (Å²) in [4.78, 5) is 12.2. The molecule has 1 aliphatic carbocycles. The zero-order chi connectivity index (χ0) is 16.2. The van der Waals surface area contributed by atoms with Gasteiger partial charge in [0.05, 0.1) is 5.56 Å². The lowest BCUT2D eigenvalue weighted by atomic mass is 9.79. The fraction of sp³-hybridized carbons (Fsp3) is 0.333. The van der Waals surface area contributed by atoms with Crippen LogP contribution in [0, 0.1) is 12.8 Å². The first-order valence-corrected chi connectivity index (χ1v) is 8.32. The molecule has 0 atom stereocenters. The molecule has 0 amide bonds. The molecule has 0 saturated heterocycles. The van der Waals surface area contributed by atoms with Gasteiger partial charge in [0, 0.05) is 0 Å². The maximum absolute atomic E-state index is 12.2. The number of esters is 1. The average molecular weight is 307 g/mol. The Morgan fingerprint density at radius 3 is 2.13 bits per heavy atom. The Morgan fingerprint density at radius 1 is 0.913 bits per heavy atom. The molecule has 3 rings (SSSR count). The topological polar surface area (TPSA) is 26.3 Å². The summed E-state index contributed by atoms with van der Waals surface area (Å²) in [6.45, 7) is 4.26. The van der Waals surface area contributed by atoms with Crippen LogP contribution in [0.25, 0.3) is 0 Å². The van der Waals surface area contributed by atoms with Crippen molar-refractivity contribution in [3.8, 4) is 5.75 Å². The summed E-state index contributed by atoms with van der Waals surface area (Å²) in [5.41, 5.74) is 3.09. The Labute approximate surface area is 138 Å². The number of hydrogen-bond acceptors (Lipinski definition) is 2. The summed E-state index contributed by atoms with van der Waals surface area (Å²) in [5, 5.41) is 0. The number of rotatable bonds is 3. The van der Waals surface area contributed by atoms with E-state index >= 15 is 0 Å². The minimum Gasteiger partial charge on any atom is -0.423 e. The zero-order valence-electron chi connectivity index (χ0n) is 13.8. The Hall–Kier alpha value is -2.09. The van der Waals surface area contributed by atoms with Crippen molar-refractivity contribution in [3.63, 3.8) is 0 Å². The first-order valence-electron chi connectivity index (χ1n) is 8.32. The predicted molar refractivity (Wildman–Crippen MR) is 92.7 cm³/mol. The monoisotopic (exact) mass is 307 g/mol. The summed E-state index contributed by atoms with van der Waals surface area (Å²) < 4.78 is 5.41. The molecule has 2 heteroatoms. The van der Waals surface area contributed by atoms with Gasteiger partial charge in [0.2, 0.25) is 0 Å². The van der Waals surface area contributed by atoms with E-state index < -0.39 is 0 Å². The van der Waals surface area contributed by atoms with Gasteiger partial charge in [-0.25, -0.2) is 4.79 Å². The second-order valence-corrected chi connectivity index (χ2v) is 6.56. The largest absolute Gasteiger partial charge is 0.423 e. The maximum atomic E-state index is 12.2. The van der Waals surface area contributed by atoms with Crippen LogP contribution < -0.4 is 4.74 Å². The fourth-order valence-corrected chi connectivity index (χ4v) is 3.11. The molecule has 2 nitrogen and oxygen atoms in total. The van der Waals surface area contributed by atoms with E-state index in [0.29, 0.717) is 17.2 Å². The molecule has 1 radical (unpaired) electrons. The third-order valence-corrected chi connectivity index (χ3v) is 4.69. The molecule has 1 saturated carbocycles. The van der Waals surface area contributed by atoms with Crippen molar-refractivity contribution >= 4 is 5.97 Å². The quantitative estimate of drug-likeness (QED) is 0.555. The molecule has 119 valence electrons. The van der Waals surface area contributed by atoms with Gasteiger partial charge >= 0.3 is 5.97 Å². The summed E-state index contributed by atoms with van der Waals surface area (Å²) >= 11 is 0. The van der Waals surface area contributed by atoms with E-state index in [1.54, 1.807) is 5.92 Å². The molecule has 0 N–H and O–H groups in total. The van der Waals surface area contributed by atoms with Gasteiger partial charge in [-0.05, 0) is 74.3 Å². The van der Waals surface area contributed by atoms with Gasteiger partial charge in [0.1, 0.15) is 5.75 Å². The van der Waals surface area contributed by atoms with Gasteiger partial charge < -0.3 is 4.74 Å². The highest BCUT2D eigenvalue weighted by atomic mass is 16.5. The Morgan fingerprint density at radius 2 is 1.52 bits per heavy atom. The molecule has 0 aromatic heterocycles. The van der Waals surface area contributed by atoms with E-state index in [1.807, 2.05) is 43.3 Å². The molecule has 0 spiro atoms. The minimum atomic E-state index is -0.298. The number of hydrogen-bond donors (Lipinski definition) is 0. The number of benzene rings is 2. The maximum Gasteiger partial charge on any atom is 0.343 e. The lowest BCUT2D eigenvalue weighted by Gasteiger charge is -2.26. The van der Waals surface area contributed by atoms with Crippen LogP contribution in [-0.4, -0.2) is 5.97 Å². The third-order valence-electron chi connectivity index (χ3n) is 4.69. The van der Waals surface area contributed by atoms with Gasteiger partial charge in [-0.2, -0.15) is 0 Å². The van der Waals surface area contributed by atoms with E-state index in [2.05, 4.69) is 19.1 Å². The van der Waals surface area contributed by atoms with Gasteiger partial charge in [-0.3, -0.25) is 0 Å². The molecule has 0 bridgehead atoms. The van der Waals surface area contributed by atoms with Crippen molar-refractivity contribution in [2.45, 2.75) is 45.4 Å². The first kappa shape index (κ1) is 15.8. The van der Waals surface area contributed by atoms with Gasteiger partial charge in [0.15, 0.2) is 0 Å². The van der Waals surface area contributed by atoms with Gasteiger partial charge in [-0.15, -0.1) is 0 Å². The van der Waals surface area contributed by atoms with Crippen LogP contribution in [0.15, 0.2) is 48.5 Å². The second kappa shape index (κ2) is 6.99. The summed E-state index contributed by atoms with van der Waals surface area (Å²) in [5.74, 6) is 2.52. The van der Waals surface area contributed by atoms with E-state index in [-0.39, 0.29) is 5.97 Å². The van der Waals surface area contributed by atoms with E-state index in [4.69, 9.17) is 4.74 Å². The average Bonchev–Trinajstić information content (AvgIpc) is 2.58. The first-order chi connectivity index (χ1) is 11.1. The van der Waals surface area contributed by atoms with Gasteiger partial charge in [-0.1, -0.05) is 36.8 Å². The van der Waals surface area contributed by atoms with Crippen LogP contribution in [0.5, 0.6) is 5.75 Å². The molecule has 1 fully saturated rings. The fourth-order valence-electron chi connectivity index (χ4n) is 3.11. The van der Waals surface area contributed by atoms with Crippen LogP contribution in [0.4, 0.5) is 0 Å². The Bertz CT molecular complexity index is 647. The highest BCUT2D eigenvalue weighted by Gasteiger charge is 2.20. The molecule has 1 aliphatic rings. The summed E-state index contributed by atoms with van der Waals surface area (Å²) in [6.07, 6.45) is 4.89. The lowest BCUT2D eigenvalue weighted by Crippen LogP contribution is -2.11. The van der Waals surface area contributed by atoms with Gasteiger partial charge in [0.25, 0.3) is 0 Å². The van der Waals surface area contributed by atoms with Crippen molar-refractivity contribution in [2.75, 3.05) is 0 Å². The van der Waals surface area contributed by atoms with Crippen molar-refractivity contribution in [1.82, 2.24) is 0 Å². The number of aryl methyl sites for hydroxylation is 1. The second-order valence-electron chi connectivity index (χ2n) is 6.56. The zero-order valence-corrected chi connectivity index (χ0v) is 13.8. The highest BCUT2D eigenvalue weighted by Crippen LogP contribution is 2.36. The molecule has 0 aliphatic heterocycles. The molecule has 0 heterocycles. The van der Waals surface area contributed by atoms with Crippen molar-refractivity contribution in [2.24, 2.45) is 0 Å². The van der Waals surface area contributed by atoms with E-state index in [1.165, 1.54) is 31.2 Å². The molecule has 0 unspecified atom stereocenters. The standard InChI is InChI=1S/C21H23O2/c1-15-3-7-17(8-4-15)18-9-11-19(12-10-18)21(22)23-20-13-5-16(2)6-14-20/h5-6,9-14,17H,3-4,7-8H2,1-2H3. The smallest absolute Gasteiger partial charge is 0.343 e. The summed E-state index contributed by atoms with van der Waals surface area (Å²) in [7, 11) is 0. The Kier molecular flexibility index (Phi) is 4.80. The van der Waals surface area contributed by atoms with Crippen molar-refractivity contribution in [1.29, 1.82) is 0 Å².